The molecule has 0 unspecified atom stereocenters. The number of ether oxygens (including phenoxy) is 2. The maximum atomic E-state index is 12.7. The number of nitrogens with zero attached hydrogens (tertiary/aromatic N) is 2. The van der Waals surface area contributed by atoms with E-state index < -0.39 is 5.97 Å². The number of carbonyl (C=O) groups excluding carboxylic acids is 1. The van der Waals surface area contributed by atoms with Crippen LogP contribution in [-0.2, 0) is 9.47 Å². The summed E-state index contributed by atoms with van der Waals surface area (Å²) in [4.78, 5) is 21.7. The number of aromatic nitrogens is 2. The van der Waals surface area contributed by atoms with E-state index in [0.29, 0.717) is 34.2 Å². The molecule has 0 spiro atoms. The predicted octanol–water partition coefficient (Wildman–Crippen LogP) is 4.36. The van der Waals surface area contributed by atoms with Gasteiger partial charge in [0.1, 0.15) is 6.61 Å². The van der Waals surface area contributed by atoms with Crippen molar-refractivity contribution in [3.8, 4) is 0 Å². The van der Waals surface area contributed by atoms with Crippen LogP contribution in [0, 0.1) is 0 Å². The second-order valence-electron chi connectivity index (χ2n) is 6.28. The van der Waals surface area contributed by atoms with Crippen LogP contribution >= 0.6 is 11.6 Å². The molecule has 0 bridgehead atoms. The number of carbonyl (C=O) groups is 1. The Hall–Kier alpha value is -2.70. The van der Waals surface area contributed by atoms with Crippen LogP contribution in [0.2, 0.25) is 5.02 Å². The van der Waals surface area contributed by atoms with Crippen molar-refractivity contribution in [1.29, 1.82) is 0 Å². The van der Waals surface area contributed by atoms with E-state index in [9.17, 15) is 4.79 Å². The highest BCUT2D eigenvalue weighted by Gasteiger charge is 2.22. The Kier molecular flexibility index (Phi) is 5.18. The molecule has 27 heavy (non-hydrogen) atoms. The lowest BCUT2D eigenvalue weighted by atomic mass is 10.2. The van der Waals surface area contributed by atoms with Crippen molar-refractivity contribution in [3.05, 3.63) is 59.2 Å². The molecule has 6 nitrogen and oxygen atoms in total. The monoisotopic (exact) mass is 383 g/mol. The Morgan fingerprint density at radius 3 is 2.74 bits per heavy atom. The minimum Gasteiger partial charge on any atom is -0.458 e. The molecule has 1 aliphatic heterocycles. The first-order valence-corrected chi connectivity index (χ1v) is 9.15. The Bertz CT molecular complexity index is 974. The van der Waals surface area contributed by atoms with Crippen molar-refractivity contribution in [2.75, 3.05) is 18.5 Å². The summed E-state index contributed by atoms with van der Waals surface area (Å²) in [6.07, 6.45) is 1.83. The Labute approximate surface area is 161 Å². The van der Waals surface area contributed by atoms with Gasteiger partial charge in [0.05, 0.1) is 17.1 Å². The normalized spacial score (nSPS) is 16.4. The summed E-state index contributed by atoms with van der Waals surface area (Å²) in [6, 6.07) is 14.5. The molecule has 0 aliphatic carbocycles. The van der Waals surface area contributed by atoms with E-state index in [-0.39, 0.29) is 18.4 Å². The molecule has 138 valence electrons. The average Bonchev–Trinajstić information content (AvgIpc) is 3.19. The molecule has 2 aromatic carbocycles. The molecule has 1 atom stereocenters. The van der Waals surface area contributed by atoms with Crippen LogP contribution in [0.5, 0.6) is 0 Å². The van der Waals surface area contributed by atoms with Crippen molar-refractivity contribution in [1.82, 2.24) is 9.97 Å². The highest BCUT2D eigenvalue weighted by molar-refractivity contribution is 6.30. The Balaban J connectivity index is 1.64. The van der Waals surface area contributed by atoms with Gasteiger partial charge < -0.3 is 14.8 Å². The fourth-order valence-electron chi connectivity index (χ4n) is 2.95. The molecular weight excluding hydrogens is 366 g/mol. The summed E-state index contributed by atoms with van der Waals surface area (Å²) in [5.41, 5.74) is 2.14. The topological polar surface area (TPSA) is 73.3 Å². The molecule has 1 aromatic heterocycles. The lowest BCUT2D eigenvalue weighted by Gasteiger charge is -2.13. The highest BCUT2D eigenvalue weighted by atomic mass is 35.5. The van der Waals surface area contributed by atoms with E-state index in [1.54, 1.807) is 12.1 Å². The average molecular weight is 384 g/mol. The van der Waals surface area contributed by atoms with Crippen molar-refractivity contribution in [3.63, 3.8) is 0 Å². The number of fused-ring (bicyclic) bond motifs is 1. The maximum absolute atomic E-state index is 12.7. The third-order valence-electron chi connectivity index (χ3n) is 4.28. The predicted molar refractivity (Wildman–Crippen MR) is 104 cm³/mol. The first-order valence-electron chi connectivity index (χ1n) is 8.77. The fourth-order valence-corrected chi connectivity index (χ4v) is 3.14. The molecule has 3 aromatic rings. The van der Waals surface area contributed by atoms with Crippen LogP contribution < -0.4 is 5.32 Å². The minimum atomic E-state index is -0.534. The lowest BCUT2D eigenvalue weighted by molar-refractivity contribution is 0.0157. The van der Waals surface area contributed by atoms with Crippen molar-refractivity contribution in [2.45, 2.75) is 18.9 Å². The van der Waals surface area contributed by atoms with Gasteiger partial charge in [-0.1, -0.05) is 29.8 Å². The van der Waals surface area contributed by atoms with E-state index in [4.69, 9.17) is 21.1 Å². The van der Waals surface area contributed by atoms with Crippen LogP contribution in [0.1, 0.15) is 23.3 Å². The molecule has 0 saturated carbocycles. The zero-order chi connectivity index (χ0) is 18.6. The fraction of sp³-hybridized carbons (Fsp3) is 0.250. The van der Waals surface area contributed by atoms with Crippen LogP contribution in [0.15, 0.2) is 48.5 Å². The maximum Gasteiger partial charge on any atom is 0.360 e. The third kappa shape index (κ3) is 4.18. The summed E-state index contributed by atoms with van der Waals surface area (Å²) in [5, 5.41) is 3.70. The molecule has 1 saturated heterocycles. The molecule has 4 rings (SSSR count). The number of benzene rings is 2. The second kappa shape index (κ2) is 7.90. The van der Waals surface area contributed by atoms with Crippen LogP contribution in [0.3, 0.4) is 0 Å². The molecule has 7 heteroatoms. The first-order chi connectivity index (χ1) is 13.2. The number of halogens is 1. The van der Waals surface area contributed by atoms with Crippen LogP contribution in [0.4, 0.5) is 11.5 Å². The van der Waals surface area contributed by atoms with Crippen LogP contribution in [0.25, 0.3) is 11.0 Å². The second-order valence-corrected chi connectivity index (χ2v) is 6.71. The Morgan fingerprint density at radius 1 is 1.19 bits per heavy atom. The lowest BCUT2D eigenvalue weighted by Crippen LogP contribution is -2.19. The highest BCUT2D eigenvalue weighted by Crippen LogP contribution is 2.24. The molecule has 1 fully saturated rings. The van der Waals surface area contributed by atoms with E-state index in [1.165, 1.54) is 0 Å². The Morgan fingerprint density at radius 2 is 2.00 bits per heavy atom. The standard InChI is InChI=1S/C20H18ClN3O3/c21-13-5-3-6-14(11-13)22-19-18(20(25)27-12-15-7-4-10-26-15)23-16-8-1-2-9-17(16)24-19/h1-3,5-6,8-9,11,15H,4,7,10,12H2,(H,22,24)/t15-/m1/s1. The molecule has 0 radical (unpaired) electrons. The largest absolute Gasteiger partial charge is 0.458 e. The molecule has 0 amide bonds. The summed E-state index contributed by atoms with van der Waals surface area (Å²) in [7, 11) is 0. The van der Waals surface area contributed by atoms with Crippen molar-refractivity contribution >= 4 is 40.1 Å². The van der Waals surface area contributed by atoms with E-state index >= 15 is 0 Å². The van der Waals surface area contributed by atoms with Gasteiger partial charge in [-0.05, 0) is 43.2 Å². The van der Waals surface area contributed by atoms with E-state index in [1.807, 2.05) is 36.4 Å². The van der Waals surface area contributed by atoms with E-state index in [2.05, 4.69) is 15.3 Å². The van der Waals surface area contributed by atoms with Gasteiger partial charge in [0, 0.05) is 17.3 Å². The summed E-state index contributed by atoms with van der Waals surface area (Å²) in [5.74, 6) is -0.207. The molecular formula is C20H18ClN3O3. The van der Waals surface area contributed by atoms with Gasteiger partial charge in [-0.15, -0.1) is 0 Å². The third-order valence-corrected chi connectivity index (χ3v) is 4.51. The van der Waals surface area contributed by atoms with E-state index in [0.717, 1.165) is 12.8 Å². The quantitative estimate of drug-likeness (QED) is 0.660. The van der Waals surface area contributed by atoms with Crippen LogP contribution in [-0.4, -0.2) is 35.3 Å². The van der Waals surface area contributed by atoms with Gasteiger partial charge in [0.15, 0.2) is 11.5 Å². The smallest absolute Gasteiger partial charge is 0.360 e. The number of esters is 1. The van der Waals surface area contributed by atoms with Crippen molar-refractivity contribution < 1.29 is 14.3 Å². The number of hydrogen-bond acceptors (Lipinski definition) is 6. The number of rotatable bonds is 5. The zero-order valence-corrected chi connectivity index (χ0v) is 15.3. The first kappa shape index (κ1) is 17.7. The molecule has 2 heterocycles. The van der Waals surface area contributed by atoms with Gasteiger partial charge in [-0.2, -0.15) is 0 Å². The number of hydrogen-bond donors (Lipinski definition) is 1. The number of para-hydroxylation sites is 2. The van der Waals surface area contributed by atoms with Gasteiger partial charge in [-0.3, -0.25) is 0 Å². The molecule has 1 N–H and O–H groups in total. The number of nitrogens with one attached hydrogen (secondary N) is 1. The van der Waals surface area contributed by atoms with Gasteiger partial charge >= 0.3 is 5.97 Å². The number of anilines is 2. The molecule has 1 aliphatic rings. The summed E-state index contributed by atoms with van der Waals surface area (Å²) in [6.45, 7) is 0.920. The van der Waals surface area contributed by atoms with Crippen molar-refractivity contribution in [2.24, 2.45) is 0 Å². The minimum absolute atomic E-state index is 0.0493. The zero-order valence-electron chi connectivity index (χ0n) is 14.5. The van der Waals surface area contributed by atoms with Gasteiger partial charge in [0.2, 0.25) is 0 Å². The summed E-state index contributed by atoms with van der Waals surface area (Å²) < 4.78 is 10.9. The summed E-state index contributed by atoms with van der Waals surface area (Å²) >= 11 is 6.05. The van der Waals surface area contributed by atoms with Gasteiger partial charge in [0.25, 0.3) is 0 Å². The van der Waals surface area contributed by atoms with Gasteiger partial charge in [-0.25, -0.2) is 14.8 Å². The SMILES string of the molecule is O=C(OC[C@H]1CCCO1)c1nc2ccccc2nc1Nc1cccc(Cl)c1.